The predicted molar refractivity (Wildman–Crippen MR) is 122 cm³/mol. The number of nitrogens with two attached hydrogens (primary N) is 1. The molecule has 28 heavy (non-hydrogen) atoms. The number of thioether (sulfide) groups is 1. The van der Waals surface area contributed by atoms with E-state index in [-0.39, 0.29) is 10.3 Å². The van der Waals surface area contributed by atoms with Gasteiger partial charge in [0.2, 0.25) is 0 Å². The number of nitrogens with zero attached hydrogens (tertiary/aromatic N) is 2. The van der Waals surface area contributed by atoms with Crippen molar-refractivity contribution in [3.8, 4) is 22.3 Å². The van der Waals surface area contributed by atoms with E-state index in [9.17, 15) is 0 Å². The van der Waals surface area contributed by atoms with Crippen molar-refractivity contribution >= 4 is 28.3 Å². The third-order valence-corrected chi connectivity index (χ3v) is 8.63. The van der Waals surface area contributed by atoms with Crippen molar-refractivity contribution in [3.63, 3.8) is 0 Å². The standard InChI is InChI=1S/C23H27N3S2/c1-4-8-17-12-18(14-25-13-17)19-11-16(2)20(27-19)22(3)15-23(28-21(24)26-22)9-6-5-7-10-23/h11-14H,5-7,9-10,15H2,1-3H3,(H2,24,26). The Balaban J connectivity index is 1.72. The summed E-state index contributed by atoms with van der Waals surface area (Å²) in [6, 6.07) is 4.39. The van der Waals surface area contributed by atoms with E-state index in [0.29, 0.717) is 0 Å². The third kappa shape index (κ3) is 3.73. The molecule has 1 spiro atoms. The lowest BCUT2D eigenvalue weighted by atomic mass is 9.78. The second kappa shape index (κ2) is 7.57. The Labute approximate surface area is 176 Å². The molecule has 4 rings (SSSR count). The Hall–Kier alpha value is -1.77. The van der Waals surface area contributed by atoms with E-state index in [2.05, 4.69) is 42.8 Å². The van der Waals surface area contributed by atoms with Gasteiger partial charge in [0.15, 0.2) is 5.17 Å². The summed E-state index contributed by atoms with van der Waals surface area (Å²) >= 11 is 3.66. The first-order valence-electron chi connectivity index (χ1n) is 9.97. The monoisotopic (exact) mass is 409 g/mol. The first kappa shape index (κ1) is 19.5. The van der Waals surface area contributed by atoms with Gasteiger partial charge in [-0.2, -0.15) is 0 Å². The topological polar surface area (TPSA) is 51.3 Å². The molecule has 0 radical (unpaired) electrons. The summed E-state index contributed by atoms with van der Waals surface area (Å²) in [4.78, 5) is 11.9. The summed E-state index contributed by atoms with van der Waals surface area (Å²) in [6.07, 6.45) is 11.3. The lowest BCUT2D eigenvalue weighted by molar-refractivity contribution is 0.305. The molecule has 1 saturated carbocycles. The second-order valence-electron chi connectivity index (χ2n) is 8.21. The molecule has 1 unspecified atom stereocenters. The van der Waals surface area contributed by atoms with Gasteiger partial charge in [-0.25, -0.2) is 0 Å². The zero-order valence-corrected chi connectivity index (χ0v) is 18.5. The zero-order valence-electron chi connectivity index (χ0n) is 16.8. The highest BCUT2D eigenvalue weighted by molar-refractivity contribution is 8.15. The Kier molecular flexibility index (Phi) is 5.28. The van der Waals surface area contributed by atoms with Crippen LogP contribution in [0.4, 0.5) is 0 Å². The van der Waals surface area contributed by atoms with Crippen LogP contribution in [0.5, 0.6) is 0 Å². The van der Waals surface area contributed by atoms with Gasteiger partial charge in [0.1, 0.15) is 0 Å². The van der Waals surface area contributed by atoms with Gasteiger partial charge in [0.05, 0.1) is 5.54 Å². The second-order valence-corrected chi connectivity index (χ2v) is 10.7. The first-order valence-corrected chi connectivity index (χ1v) is 11.6. The van der Waals surface area contributed by atoms with Crippen molar-refractivity contribution in [2.45, 2.75) is 69.6 Å². The molecule has 5 heteroatoms. The minimum absolute atomic E-state index is 0.242. The van der Waals surface area contributed by atoms with Crippen molar-refractivity contribution in [1.82, 2.24) is 4.98 Å². The van der Waals surface area contributed by atoms with Gasteiger partial charge in [-0.15, -0.1) is 17.3 Å². The van der Waals surface area contributed by atoms with Gasteiger partial charge in [0, 0.05) is 38.0 Å². The molecule has 0 aromatic carbocycles. The van der Waals surface area contributed by atoms with Crippen LogP contribution in [-0.2, 0) is 5.54 Å². The van der Waals surface area contributed by atoms with Crippen LogP contribution < -0.4 is 5.73 Å². The highest BCUT2D eigenvalue weighted by Gasteiger charge is 2.46. The minimum atomic E-state index is -0.242. The lowest BCUT2D eigenvalue weighted by Gasteiger charge is -2.45. The van der Waals surface area contributed by atoms with Crippen molar-refractivity contribution in [1.29, 1.82) is 0 Å². The van der Waals surface area contributed by atoms with Crippen molar-refractivity contribution in [2.75, 3.05) is 0 Å². The molecule has 2 aliphatic rings. The van der Waals surface area contributed by atoms with E-state index in [1.54, 1.807) is 0 Å². The van der Waals surface area contributed by atoms with Gasteiger partial charge >= 0.3 is 0 Å². The molecule has 0 bridgehead atoms. The Bertz CT molecular complexity index is 973. The van der Waals surface area contributed by atoms with Gasteiger partial charge in [-0.05, 0) is 57.7 Å². The molecular formula is C23H27N3S2. The van der Waals surface area contributed by atoms with E-state index in [1.165, 1.54) is 47.4 Å². The molecular weight excluding hydrogens is 382 g/mol. The normalized spacial score (nSPS) is 23.8. The lowest BCUT2D eigenvalue weighted by Crippen LogP contribution is -2.43. The van der Waals surface area contributed by atoms with E-state index in [1.807, 2.05) is 42.4 Å². The molecule has 1 atom stereocenters. The van der Waals surface area contributed by atoms with Crippen LogP contribution in [0.25, 0.3) is 10.4 Å². The van der Waals surface area contributed by atoms with Crippen LogP contribution in [0.1, 0.15) is 68.4 Å². The van der Waals surface area contributed by atoms with E-state index >= 15 is 0 Å². The highest BCUT2D eigenvalue weighted by atomic mass is 32.2. The van der Waals surface area contributed by atoms with Crippen molar-refractivity contribution in [2.24, 2.45) is 10.7 Å². The first-order chi connectivity index (χ1) is 13.4. The van der Waals surface area contributed by atoms with Crippen LogP contribution in [0.15, 0.2) is 29.5 Å². The smallest absolute Gasteiger partial charge is 0.155 e. The van der Waals surface area contributed by atoms with Crippen LogP contribution >= 0.6 is 23.1 Å². The molecule has 146 valence electrons. The van der Waals surface area contributed by atoms with Crippen LogP contribution in [0, 0.1) is 18.8 Å². The Morgan fingerprint density at radius 2 is 1.93 bits per heavy atom. The van der Waals surface area contributed by atoms with Gasteiger partial charge in [-0.3, -0.25) is 9.98 Å². The van der Waals surface area contributed by atoms with Gasteiger partial charge in [-0.1, -0.05) is 36.9 Å². The largest absolute Gasteiger partial charge is 0.378 e. The molecule has 1 aliphatic heterocycles. The molecule has 3 nitrogen and oxygen atoms in total. The average molecular weight is 410 g/mol. The molecule has 2 aromatic heterocycles. The molecule has 2 aromatic rings. The minimum Gasteiger partial charge on any atom is -0.378 e. The molecule has 1 fully saturated rings. The average Bonchev–Trinajstić information content (AvgIpc) is 3.05. The summed E-state index contributed by atoms with van der Waals surface area (Å²) in [6.45, 7) is 6.33. The van der Waals surface area contributed by atoms with Crippen LogP contribution in [0.2, 0.25) is 0 Å². The Morgan fingerprint density at radius 1 is 1.14 bits per heavy atom. The summed E-state index contributed by atoms with van der Waals surface area (Å²) in [5, 5.41) is 0.756. The molecule has 0 saturated heterocycles. The SMILES string of the molecule is CC#Cc1cncc(-c2cc(C)c(C3(C)CC4(CCCCC4)SC(N)=N3)s2)c1. The fourth-order valence-electron chi connectivity index (χ4n) is 4.74. The predicted octanol–water partition coefficient (Wildman–Crippen LogP) is 5.86. The number of hydrogen-bond acceptors (Lipinski definition) is 5. The number of aromatic nitrogens is 1. The van der Waals surface area contributed by atoms with Crippen LogP contribution in [-0.4, -0.2) is 14.9 Å². The fraction of sp³-hybridized carbons (Fsp3) is 0.478. The quantitative estimate of drug-likeness (QED) is 0.632. The number of thiophene rings is 1. The molecule has 3 heterocycles. The number of pyridine rings is 1. The number of amidine groups is 1. The number of aryl methyl sites for hydroxylation is 1. The van der Waals surface area contributed by atoms with E-state index in [4.69, 9.17) is 10.7 Å². The van der Waals surface area contributed by atoms with Gasteiger partial charge in [0.25, 0.3) is 0 Å². The molecule has 1 aliphatic carbocycles. The van der Waals surface area contributed by atoms with Crippen LogP contribution in [0.3, 0.4) is 0 Å². The molecule has 2 N–H and O–H groups in total. The van der Waals surface area contributed by atoms with E-state index in [0.717, 1.165) is 22.7 Å². The van der Waals surface area contributed by atoms with Crippen molar-refractivity contribution < 1.29 is 0 Å². The third-order valence-electron chi connectivity index (χ3n) is 5.81. The van der Waals surface area contributed by atoms with Crippen molar-refractivity contribution in [3.05, 3.63) is 40.5 Å². The maximum atomic E-state index is 6.37. The summed E-state index contributed by atoms with van der Waals surface area (Å²) in [7, 11) is 0. The highest BCUT2D eigenvalue weighted by Crippen LogP contribution is 2.54. The van der Waals surface area contributed by atoms with Gasteiger partial charge < -0.3 is 5.73 Å². The van der Waals surface area contributed by atoms with E-state index < -0.39 is 0 Å². The fourth-order valence-corrected chi connectivity index (χ4v) is 7.52. The summed E-state index contributed by atoms with van der Waals surface area (Å²) < 4.78 is 0.258. The molecule has 0 amide bonds. The Morgan fingerprint density at radius 3 is 2.68 bits per heavy atom. The number of aliphatic imine (C=N–C) groups is 1. The maximum Gasteiger partial charge on any atom is 0.155 e. The number of hydrogen-bond donors (Lipinski definition) is 1. The number of rotatable bonds is 2. The summed E-state index contributed by atoms with van der Waals surface area (Å²) in [5.41, 5.74) is 9.50. The maximum absolute atomic E-state index is 6.37. The zero-order chi connectivity index (χ0) is 19.8. The summed E-state index contributed by atoms with van der Waals surface area (Å²) in [5.74, 6) is 6.06.